The smallest absolute Gasteiger partial charge is 0.0552 e. The number of hydrogen-bond donors (Lipinski definition) is 3. The maximum Gasteiger partial charge on any atom is 0.0552 e. The first kappa shape index (κ1) is 10.2. The van der Waals surface area contributed by atoms with E-state index >= 15 is 0 Å². The Kier molecular flexibility index (Phi) is 3.89. The van der Waals surface area contributed by atoms with Crippen molar-refractivity contribution in [1.82, 2.24) is 5.48 Å². The zero-order valence-electron chi connectivity index (χ0n) is 7.70. The van der Waals surface area contributed by atoms with Crippen molar-refractivity contribution in [3.05, 3.63) is 35.4 Å². The molecular formula is C10H15NO2. The van der Waals surface area contributed by atoms with Gasteiger partial charge in [0.1, 0.15) is 0 Å². The molecule has 72 valence electrons. The number of aliphatic hydroxyl groups is 1. The van der Waals surface area contributed by atoms with Crippen molar-refractivity contribution >= 4 is 0 Å². The van der Waals surface area contributed by atoms with Crippen molar-refractivity contribution in [2.75, 3.05) is 0 Å². The van der Waals surface area contributed by atoms with Gasteiger partial charge in [-0.1, -0.05) is 24.3 Å². The molecule has 0 aliphatic rings. The van der Waals surface area contributed by atoms with Crippen molar-refractivity contribution < 1.29 is 10.3 Å². The van der Waals surface area contributed by atoms with Crippen molar-refractivity contribution in [1.29, 1.82) is 0 Å². The van der Waals surface area contributed by atoms with Gasteiger partial charge in [-0.15, -0.1) is 0 Å². The van der Waals surface area contributed by atoms with E-state index in [-0.39, 0.29) is 6.10 Å². The van der Waals surface area contributed by atoms with Crippen LogP contribution in [0.15, 0.2) is 24.3 Å². The van der Waals surface area contributed by atoms with Gasteiger partial charge in [0.05, 0.1) is 6.10 Å². The lowest BCUT2D eigenvalue weighted by atomic mass is 10.1. The summed E-state index contributed by atoms with van der Waals surface area (Å²) in [6.45, 7) is 2.22. The van der Waals surface area contributed by atoms with Gasteiger partial charge in [0.2, 0.25) is 0 Å². The molecule has 0 bridgehead atoms. The van der Waals surface area contributed by atoms with Gasteiger partial charge in [-0.25, -0.2) is 5.48 Å². The molecule has 1 atom stereocenters. The van der Waals surface area contributed by atoms with Crippen molar-refractivity contribution in [2.45, 2.75) is 26.0 Å². The Morgan fingerprint density at radius 3 is 2.23 bits per heavy atom. The van der Waals surface area contributed by atoms with E-state index in [0.29, 0.717) is 13.0 Å². The van der Waals surface area contributed by atoms with E-state index in [2.05, 4.69) is 5.48 Å². The van der Waals surface area contributed by atoms with E-state index in [1.807, 2.05) is 24.3 Å². The molecule has 3 nitrogen and oxygen atoms in total. The maximum atomic E-state index is 9.13. The van der Waals surface area contributed by atoms with Crippen LogP contribution in [0.4, 0.5) is 0 Å². The molecule has 1 rings (SSSR count). The van der Waals surface area contributed by atoms with Crippen LogP contribution in [-0.4, -0.2) is 16.4 Å². The summed E-state index contributed by atoms with van der Waals surface area (Å²) in [5, 5.41) is 17.6. The molecular weight excluding hydrogens is 166 g/mol. The van der Waals surface area contributed by atoms with E-state index in [0.717, 1.165) is 11.1 Å². The zero-order chi connectivity index (χ0) is 9.68. The first-order valence-electron chi connectivity index (χ1n) is 4.35. The number of aliphatic hydroxyl groups excluding tert-OH is 1. The molecule has 0 aliphatic carbocycles. The molecule has 3 N–H and O–H groups in total. The van der Waals surface area contributed by atoms with E-state index in [9.17, 15) is 0 Å². The second-order valence-electron chi connectivity index (χ2n) is 3.20. The molecule has 0 amide bonds. The second-order valence-corrected chi connectivity index (χ2v) is 3.20. The average Bonchev–Trinajstić information content (AvgIpc) is 2.08. The van der Waals surface area contributed by atoms with Crippen LogP contribution in [0.3, 0.4) is 0 Å². The Morgan fingerprint density at radius 2 is 1.77 bits per heavy atom. The number of hydroxylamine groups is 1. The molecule has 1 aromatic carbocycles. The van der Waals surface area contributed by atoms with Crippen LogP contribution in [0.5, 0.6) is 0 Å². The quantitative estimate of drug-likeness (QED) is 0.609. The fourth-order valence-electron chi connectivity index (χ4n) is 1.23. The predicted octanol–water partition coefficient (Wildman–Crippen LogP) is 1.09. The van der Waals surface area contributed by atoms with E-state index in [4.69, 9.17) is 10.3 Å². The van der Waals surface area contributed by atoms with Crippen molar-refractivity contribution in [2.24, 2.45) is 0 Å². The fraction of sp³-hybridized carbons (Fsp3) is 0.400. The summed E-state index contributed by atoms with van der Waals surface area (Å²) in [5.41, 5.74) is 4.23. The third-order valence-corrected chi connectivity index (χ3v) is 1.84. The lowest BCUT2D eigenvalue weighted by Gasteiger charge is -2.05. The molecule has 0 fully saturated rings. The van der Waals surface area contributed by atoms with Gasteiger partial charge in [-0.2, -0.15) is 0 Å². The van der Waals surface area contributed by atoms with Crippen molar-refractivity contribution in [3.63, 3.8) is 0 Å². The highest BCUT2D eigenvalue weighted by molar-refractivity contribution is 5.22. The van der Waals surface area contributed by atoms with E-state index in [1.54, 1.807) is 6.92 Å². The Labute approximate surface area is 78.0 Å². The standard InChI is InChI=1S/C10H15NO2/c1-8(12)6-9-2-4-10(5-3-9)7-11-13/h2-5,8,11-13H,6-7H2,1H3. The second kappa shape index (κ2) is 4.97. The molecule has 0 spiro atoms. The van der Waals surface area contributed by atoms with Crippen molar-refractivity contribution in [3.8, 4) is 0 Å². The molecule has 13 heavy (non-hydrogen) atoms. The lowest BCUT2D eigenvalue weighted by molar-refractivity contribution is 0.161. The molecule has 0 aromatic heterocycles. The maximum absolute atomic E-state index is 9.13. The Hall–Kier alpha value is -0.900. The van der Waals surface area contributed by atoms with Crippen LogP contribution in [0.25, 0.3) is 0 Å². The highest BCUT2D eigenvalue weighted by Gasteiger charge is 1.98. The van der Waals surface area contributed by atoms with Gasteiger partial charge in [-0.05, 0) is 24.5 Å². The minimum Gasteiger partial charge on any atom is -0.393 e. The highest BCUT2D eigenvalue weighted by Crippen LogP contribution is 2.06. The van der Waals surface area contributed by atoms with Gasteiger partial charge in [0.25, 0.3) is 0 Å². The van der Waals surface area contributed by atoms with Gasteiger partial charge in [0, 0.05) is 6.54 Å². The lowest BCUT2D eigenvalue weighted by Crippen LogP contribution is -2.07. The minimum atomic E-state index is -0.304. The van der Waals surface area contributed by atoms with Crippen LogP contribution in [0.1, 0.15) is 18.1 Å². The number of hydrogen-bond acceptors (Lipinski definition) is 3. The van der Waals surface area contributed by atoms with Crippen LogP contribution >= 0.6 is 0 Å². The SMILES string of the molecule is CC(O)Cc1ccc(CNO)cc1. The summed E-state index contributed by atoms with van der Waals surface area (Å²) in [5.74, 6) is 0. The Bertz CT molecular complexity index is 244. The summed E-state index contributed by atoms with van der Waals surface area (Å²) in [4.78, 5) is 0. The minimum absolute atomic E-state index is 0.304. The first-order chi connectivity index (χ1) is 6.22. The highest BCUT2D eigenvalue weighted by atomic mass is 16.5. The molecule has 0 radical (unpaired) electrons. The van der Waals surface area contributed by atoms with E-state index < -0.39 is 0 Å². The summed E-state index contributed by atoms with van der Waals surface area (Å²) < 4.78 is 0. The molecule has 0 saturated heterocycles. The van der Waals surface area contributed by atoms with Gasteiger partial charge < -0.3 is 10.3 Å². The first-order valence-corrected chi connectivity index (χ1v) is 4.35. The van der Waals surface area contributed by atoms with Gasteiger partial charge >= 0.3 is 0 Å². The zero-order valence-corrected chi connectivity index (χ0v) is 7.70. The molecule has 3 heteroatoms. The third kappa shape index (κ3) is 3.55. The Balaban J connectivity index is 2.59. The number of benzene rings is 1. The molecule has 0 saturated carbocycles. The normalized spacial score (nSPS) is 12.8. The van der Waals surface area contributed by atoms with Gasteiger partial charge in [-0.3, -0.25) is 0 Å². The summed E-state index contributed by atoms with van der Waals surface area (Å²) in [7, 11) is 0. The third-order valence-electron chi connectivity index (χ3n) is 1.84. The molecule has 0 aliphatic heterocycles. The van der Waals surface area contributed by atoms with Crippen LogP contribution in [-0.2, 0) is 13.0 Å². The number of rotatable bonds is 4. The largest absolute Gasteiger partial charge is 0.393 e. The van der Waals surface area contributed by atoms with Crippen LogP contribution < -0.4 is 5.48 Å². The summed E-state index contributed by atoms with van der Waals surface area (Å²) in [6, 6.07) is 7.78. The summed E-state index contributed by atoms with van der Waals surface area (Å²) in [6.07, 6.45) is 0.370. The fourth-order valence-corrected chi connectivity index (χ4v) is 1.23. The number of nitrogens with one attached hydrogen (secondary N) is 1. The molecule has 1 unspecified atom stereocenters. The topological polar surface area (TPSA) is 52.5 Å². The summed E-state index contributed by atoms with van der Waals surface area (Å²) >= 11 is 0. The molecule has 0 heterocycles. The van der Waals surface area contributed by atoms with Crippen LogP contribution in [0, 0.1) is 0 Å². The average molecular weight is 181 g/mol. The molecule has 1 aromatic rings. The monoisotopic (exact) mass is 181 g/mol. The van der Waals surface area contributed by atoms with Crippen LogP contribution in [0.2, 0.25) is 0 Å². The Morgan fingerprint density at radius 1 is 1.23 bits per heavy atom. The predicted molar refractivity (Wildman–Crippen MR) is 50.5 cm³/mol. The van der Waals surface area contributed by atoms with E-state index in [1.165, 1.54) is 0 Å². The van der Waals surface area contributed by atoms with Gasteiger partial charge in [0.15, 0.2) is 0 Å².